The van der Waals surface area contributed by atoms with E-state index in [1.807, 2.05) is 6.92 Å². The Hall–Kier alpha value is -4.14. The Bertz CT molecular complexity index is 1390. The smallest absolute Gasteiger partial charge is 0.319 e. The molecule has 3 aromatic rings. The average Bonchev–Trinajstić information content (AvgIpc) is 3.41. The van der Waals surface area contributed by atoms with E-state index < -0.39 is 34.7 Å². The van der Waals surface area contributed by atoms with Gasteiger partial charge in [-0.2, -0.15) is 0 Å². The number of rotatable bonds is 4. The first kappa shape index (κ1) is 21.7. The zero-order valence-electron chi connectivity index (χ0n) is 19.0. The van der Waals surface area contributed by atoms with Crippen molar-refractivity contribution in [1.82, 2.24) is 4.57 Å². The number of nitrogens with zero attached hydrogens (tertiary/aromatic N) is 2. The Labute approximate surface area is 195 Å². The number of pyridine rings is 1. The van der Waals surface area contributed by atoms with Gasteiger partial charge < -0.3 is 23.4 Å². The van der Waals surface area contributed by atoms with E-state index in [0.29, 0.717) is 29.2 Å². The summed E-state index contributed by atoms with van der Waals surface area (Å²) in [5, 5.41) is 8.59. The van der Waals surface area contributed by atoms with Crippen LogP contribution in [0.5, 0.6) is 5.75 Å². The van der Waals surface area contributed by atoms with E-state index in [-0.39, 0.29) is 17.9 Å². The number of fused-ring (bicyclic) bond motifs is 4. The van der Waals surface area contributed by atoms with Crippen molar-refractivity contribution in [2.24, 2.45) is 5.92 Å². The van der Waals surface area contributed by atoms with E-state index in [2.05, 4.69) is 0 Å². The number of carbonyl (C=O) groups excluding carboxylic acids is 2. The lowest BCUT2D eigenvalue weighted by molar-refractivity contribution is -0.147. The van der Waals surface area contributed by atoms with E-state index in [1.165, 1.54) is 22.8 Å². The van der Waals surface area contributed by atoms with Crippen LogP contribution >= 0.6 is 0 Å². The zero-order valence-corrected chi connectivity index (χ0v) is 19.0. The lowest BCUT2D eigenvalue weighted by Gasteiger charge is -2.39. The number of methoxy groups -OCH3 is 1. The Morgan fingerprint density at radius 3 is 2.65 bits per heavy atom. The number of aryl methyl sites for hydroxylation is 1. The van der Waals surface area contributed by atoms with Gasteiger partial charge in [0.1, 0.15) is 16.9 Å². The third kappa shape index (κ3) is 2.73. The van der Waals surface area contributed by atoms with Crippen LogP contribution in [-0.4, -0.2) is 36.0 Å². The van der Waals surface area contributed by atoms with E-state index in [9.17, 15) is 14.4 Å². The molecule has 2 atom stereocenters. The summed E-state index contributed by atoms with van der Waals surface area (Å²) in [7, 11) is 1.19. The molecule has 5 rings (SSSR count). The molecule has 9 heteroatoms. The van der Waals surface area contributed by atoms with Gasteiger partial charge in [0.25, 0.3) is 5.56 Å². The van der Waals surface area contributed by atoms with Gasteiger partial charge in [0.2, 0.25) is 11.8 Å². The summed E-state index contributed by atoms with van der Waals surface area (Å²) in [5.41, 5.74) is -0.650. The molecule has 1 N–H and O–H groups in total. The topological polar surface area (TPSA) is 115 Å². The predicted molar refractivity (Wildman–Crippen MR) is 122 cm³/mol. The maximum atomic E-state index is 14.2. The first-order valence-corrected chi connectivity index (χ1v) is 10.9. The molecule has 2 aliphatic heterocycles. The van der Waals surface area contributed by atoms with Crippen molar-refractivity contribution in [2.75, 3.05) is 18.6 Å². The van der Waals surface area contributed by atoms with Gasteiger partial charge >= 0.3 is 5.97 Å². The maximum Gasteiger partial charge on any atom is 0.319 e. The first-order chi connectivity index (χ1) is 16.4. The van der Waals surface area contributed by atoms with Gasteiger partial charge in [-0.15, -0.1) is 0 Å². The summed E-state index contributed by atoms with van der Waals surface area (Å²) >= 11 is 0. The summed E-state index contributed by atoms with van der Waals surface area (Å²) in [6.07, 6.45) is 1.52. The number of furan rings is 1. The third-order valence-electron chi connectivity index (χ3n) is 6.63. The quantitative estimate of drug-likeness (QED) is 0.598. The minimum absolute atomic E-state index is 0.0180. The maximum absolute atomic E-state index is 14.2. The minimum Gasteiger partial charge on any atom is -0.468 e. The number of para-hydroxylation sites is 1. The number of esters is 1. The number of carbonyl (C=O) groups is 2. The van der Waals surface area contributed by atoms with Crippen molar-refractivity contribution in [3.63, 3.8) is 0 Å². The second kappa shape index (κ2) is 7.72. The number of ether oxygens (including phenoxy) is 2. The SMILES string of the molecule is CCN1C(=O)C2(c3ccccc31)c1c(cc(C)n(Cc3ccco3)c1=O)OC(=N)C2C(=O)OC. The summed E-state index contributed by atoms with van der Waals surface area (Å²) in [4.78, 5) is 42.9. The first-order valence-electron chi connectivity index (χ1n) is 10.9. The molecule has 34 heavy (non-hydrogen) atoms. The van der Waals surface area contributed by atoms with Crippen LogP contribution in [0.1, 0.15) is 29.5 Å². The fourth-order valence-corrected chi connectivity index (χ4v) is 5.17. The fourth-order valence-electron chi connectivity index (χ4n) is 5.17. The van der Waals surface area contributed by atoms with Crippen LogP contribution in [0, 0.1) is 18.3 Å². The number of benzene rings is 1. The minimum atomic E-state index is -1.79. The second-order valence-corrected chi connectivity index (χ2v) is 8.29. The molecular weight excluding hydrogens is 438 g/mol. The average molecular weight is 461 g/mol. The molecule has 0 fully saturated rings. The molecule has 0 aliphatic carbocycles. The van der Waals surface area contributed by atoms with Crippen LogP contribution in [0.25, 0.3) is 0 Å². The molecule has 2 unspecified atom stereocenters. The van der Waals surface area contributed by atoms with Crippen LogP contribution in [0.15, 0.2) is 57.9 Å². The van der Waals surface area contributed by atoms with Crippen molar-refractivity contribution in [3.8, 4) is 5.75 Å². The van der Waals surface area contributed by atoms with Crippen LogP contribution < -0.4 is 15.2 Å². The van der Waals surface area contributed by atoms with Gasteiger partial charge in [-0.25, -0.2) is 0 Å². The number of anilines is 1. The molecule has 0 saturated carbocycles. The van der Waals surface area contributed by atoms with Crippen molar-refractivity contribution in [3.05, 3.63) is 81.7 Å². The molecular formula is C25H23N3O6. The number of hydrogen-bond donors (Lipinski definition) is 1. The number of aromatic nitrogens is 1. The van der Waals surface area contributed by atoms with Crippen molar-refractivity contribution < 1.29 is 23.5 Å². The van der Waals surface area contributed by atoms with Crippen molar-refractivity contribution in [2.45, 2.75) is 25.8 Å². The van der Waals surface area contributed by atoms with Crippen LogP contribution in [0.4, 0.5) is 5.69 Å². The zero-order chi connectivity index (χ0) is 24.2. The molecule has 174 valence electrons. The molecule has 4 heterocycles. The number of likely N-dealkylation sites (N-methyl/N-ethyl adjacent to an activating group) is 1. The third-order valence-corrected chi connectivity index (χ3v) is 6.63. The number of nitrogens with one attached hydrogen (secondary N) is 1. The normalized spacial score (nSPS) is 20.8. The molecule has 1 amide bonds. The van der Waals surface area contributed by atoms with Crippen LogP contribution in [0.2, 0.25) is 0 Å². The summed E-state index contributed by atoms with van der Waals surface area (Å²) in [6, 6.07) is 12.1. The number of hydrogen-bond acceptors (Lipinski definition) is 7. The van der Waals surface area contributed by atoms with Gasteiger partial charge in [-0.05, 0) is 37.6 Å². The Kier molecular flexibility index (Phi) is 4.93. The Balaban J connectivity index is 1.89. The lowest BCUT2D eigenvalue weighted by Crippen LogP contribution is -2.58. The second-order valence-electron chi connectivity index (χ2n) is 8.29. The predicted octanol–water partition coefficient (Wildman–Crippen LogP) is 2.61. The van der Waals surface area contributed by atoms with Gasteiger partial charge in [-0.1, -0.05) is 18.2 Å². The molecule has 0 radical (unpaired) electrons. The van der Waals surface area contributed by atoms with E-state index in [1.54, 1.807) is 49.4 Å². The molecule has 0 bridgehead atoms. The van der Waals surface area contributed by atoms with Gasteiger partial charge in [-0.3, -0.25) is 19.8 Å². The molecule has 1 spiro atoms. The molecule has 2 aliphatic rings. The molecule has 0 saturated heterocycles. The van der Waals surface area contributed by atoms with Gasteiger partial charge in [0.15, 0.2) is 5.92 Å². The van der Waals surface area contributed by atoms with E-state index in [0.717, 1.165) is 0 Å². The standard InChI is InChI=1S/C25H23N3O6/c1-4-27-17-10-6-5-9-16(17)25(24(27)31)19-18(34-21(26)20(25)23(30)32-3)12-14(2)28(22(19)29)13-15-8-7-11-33-15/h5-12,20,26H,4,13H2,1-3H3. The van der Waals surface area contributed by atoms with Crippen molar-refractivity contribution in [1.29, 1.82) is 5.41 Å². The highest BCUT2D eigenvalue weighted by Gasteiger charge is 2.65. The molecule has 1 aromatic carbocycles. The Morgan fingerprint density at radius 2 is 1.97 bits per heavy atom. The van der Waals surface area contributed by atoms with Crippen LogP contribution in [0.3, 0.4) is 0 Å². The summed E-state index contributed by atoms with van der Waals surface area (Å²) in [6.45, 7) is 4.01. The highest BCUT2D eigenvalue weighted by Crippen LogP contribution is 2.54. The van der Waals surface area contributed by atoms with Gasteiger partial charge in [0, 0.05) is 24.0 Å². The molecule has 2 aromatic heterocycles. The fraction of sp³-hybridized carbons (Fsp3) is 0.280. The van der Waals surface area contributed by atoms with E-state index >= 15 is 0 Å². The molecule has 9 nitrogen and oxygen atoms in total. The largest absolute Gasteiger partial charge is 0.468 e. The Morgan fingerprint density at radius 1 is 1.21 bits per heavy atom. The highest BCUT2D eigenvalue weighted by molar-refractivity contribution is 6.18. The monoisotopic (exact) mass is 461 g/mol. The number of amides is 1. The van der Waals surface area contributed by atoms with Gasteiger partial charge in [0.05, 0.1) is 25.5 Å². The van der Waals surface area contributed by atoms with E-state index in [4.69, 9.17) is 19.3 Å². The highest BCUT2D eigenvalue weighted by atomic mass is 16.5. The lowest BCUT2D eigenvalue weighted by atomic mass is 9.64. The van der Waals surface area contributed by atoms with Crippen molar-refractivity contribution >= 4 is 23.5 Å². The van der Waals surface area contributed by atoms with Crippen LogP contribution in [-0.2, 0) is 26.3 Å². The summed E-state index contributed by atoms with van der Waals surface area (Å²) < 4.78 is 17.7. The summed E-state index contributed by atoms with van der Waals surface area (Å²) in [5.74, 6) is -2.54.